The number of carbonyl (C=O) groups excluding carboxylic acids is 1. The van der Waals surface area contributed by atoms with Gasteiger partial charge in [-0.25, -0.2) is 0 Å². The number of carboxylic acid groups (broad SMARTS) is 1. The molecule has 3 atom stereocenters. The minimum atomic E-state index is -0.895. The Morgan fingerprint density at radius 1 is 1.05 bits per heavy atom. The van der Waals surface area contributed by atoms with Crippen LogP contribution in [0.4, 0.5) is 0 Å². The average molecular weight is 295 g/mol. The van der Waals surface area contributed by atoms with Gasteiger partial charge in [0.2, 0.25) is 5.91 Å². The molecule has 1 saturated heterocycles. The maximum absolute atomic E-state index is 11.9. The zero-order valence-corrected chi connectivity index (χ0v) is 12.0. The highest BCUT2D eigenvalue weighted by molar-refractivity contribution is 5.83. The van der Waals surface area contributed by atoms with Crippen molar-refractivity contribution in [3.05, 3.63) is 71.8 Å². The normalized spacial score (nSPS) is 22.1. The van der Waals surface area contributed by atoms with Crippen LogP contribution in [-0.2, 0) is 9.59 Å². The Balaban J connectivity index is 1.99. The molecule has 3 rings (SSSR count). The zero-order chi connectivity index (χ0) is 15.5. The lowest BCUT2D eigenvalue weighted by molar-refractivity contribution is -0.140. The molecule has 22 heavy (non-hydrogen) atoms. The first kappa shape index (κ1) is 14.3. The van der Waals surface area contributed by atoms with Gasteiger partial charge in [-0.3, -0.25) is 9.59 Å². The van der Waals surface area contributed by atoms with Crippen molar-refractivity contribution < 1.29 is 14.7 Å². The molecule has 0 radical (unpaired) electrons. The van der Waals surface area contributed by atoms with Gasteiger partial charge in [-0.1, -0.05) is 60.7 Å². The van der Waals surface area contributed by atoms with Crippen molar-refractivity contribution in [3.63, 3.8) is 0 Å². The Morgan fingerprint density at radius 2 is 1.64 bits per heavy atom. The fraction of sp³-hybridized carbons (Fsp3) is 0.222. The molecule has 1 heterocycles. The number of nitrogens with one attached hydrogen (secondary N) is 1. The molecule has 4 nitrogen and oxygen atoms in total. The minimum absolute atomic E-state index is 0.0963. The lowest BCUT2D eigenvalue weighted by Gasteiger charge is -2.25. The molecule has 2 N–H and O–H groups in total. The fourth-order valence-corrected chi connectivity index (χ4v) is 3.21. The summed E-state index contributed by atoms with van der Waals surface area (Å²) in [4.78, 5) is 23.7. The summed E-state index contributed by atoms with van der Waals surface area (Å²) in [6.45, 7) is 0. The molecule has 1 fully saturated rings. The first-order valence-corrected chi connectivity index (χ1v) is 7.29. The third kappa shape index (κ3) is 2.72. The van der Waals surface area contributed by atoms with Crippen molar-refractivity contribution in [2.45, 2.75) is 18.4 Å². The predicted octanol–water partition coefficient (Wildman–Crippen LogP) is 2.73. The average Bonchev–Trinajstić information content (AvgIpc) is 2.90. The lowest BCUT2D eigenvalue weighted by atomic mass is 9.79. The summed E-state index contributed by atoms with van der Waals surface area (Å²) in [6.07, 6.45) is 0.228. The largest absolute Gasteiger partial charge is 0.481 e. The van der Waals surface area contributed by atoms with Crippen molar-refractivity contribution in [2.24, 2.45) is 5.92 Å². The Morgan fingerprint density at radius 3 is 2.23 bits per heavy atom. The van der Waals surface area contributed by atoms with Gasteiger partial charge in [-0.05, 0) is 11.1 Å². The van der Waals surface area contributed by atoms with Gasteiger partial charge in [0.15, 0.2) is 0 Å². The van der Waals surface area contributed by atoms with Crippen LogP contribution in [-0.4, -0.2) is 17.0 Å². The number of carboxylic acids is 1. The second-order valence-corrected chi connectivity index (χ2v) is 5.55. The predicted molar refractivity (Wildman–Crippen MR) is 82.3 cm³/mol. The second-order valence-electron chi connectivity index (χ2n) is 5.55. The Hall–Kier alpha value is -2.62. The quantitative estimate of drug-likeness (QED) is 0.911. The number of hydrogen-bond donors (Lipinski definition) is 2. The third-order valence-electron chi connectivity index (χ3n) is 4.18. The lowest BCUT2D eigenvalue weighted by Crippen LogP contribution is -2.27. The van der Waals surface area contributed by atoms with E-state index in [0.717, 1.165) is 11.1 Å². The van der Waals surface area contributed by atoms with E-state index in [4.69, 9.17) is 0 Å². The molecule has 1 aliphatic heterocycles. The molecular formula is C18H17NO3. The number of hydrogen-bond acceptors (Lipinski definition) is 2. The molecule has 1 amide bonds. The van der Waals surface area contributed by atoms with Crippen LogP contribution < -0.4 is 5.32 Å². The number of benzene rings is 2. The monoisotopic (exact) mass is 295 g/mol. The van der Waals surface area contributed by atoms with Crippen LogP contribution in [0.1, 0.15) is 29.5 Å². The summed E-state index contributed by atoms with van der Waals surface area (Å²) in [6, 6.07) is 18.4. The Labute approximate surface area is 128 Å². The molecule has 3 unspecified atom stereocenters. The van der Waals surface area contributed by atoms with Gasteiger partial charge >= 0.3 is 5.97 Å². The van der Waals surface area contributed by atoms with E-state index in [2.05, 4.69) is 5.32 Å². The van der Waals surface area contributed by atoms with Crippen molar-refractivity contribution >= 4 is 11.9 Å². The van der Waals surface area contributed by atoms with Gasteiger partial charge in [-0.15, -0.1) is 0 Å². The van der Waals surface area contributed by atoms with Gasteiger partial charge in [0.05, 0.1) is 12.0 Å². The topological polar surface area (TPSA) is 66.4 Å². The van der Waals surface area contributed by atoms with E-state index in [1.165, 1.54) is 0 Å². The number of amides is 1. The summed E-state index contributed by atoms with van der Waals surface area (Å²) in [5, 5.41) is 12.6. The first-order valence-electron chi connectivity index (χ1n) is 7.29. The van der Waals surface area contributed by atoms with Crippen LogP contribution in [0.15, 0.2) is 60.7 Å². The third-order valence-corrected chi connectivity index (χ3v) is 4.18. The van der Waals surface area contributed by atoms with Gasteiger partial charge in [0.25, 0.3) is 0 Å². The zero-order valence-electron chi connectivity index (χ0n) is 12.0. The van der Waals surface area contributed by atoms with E-state index in [0.29, 0.717) is 0 Å². The standard InChI is InChI=1S/C18H17NO3/c20-15-11-14(17(19-15)13-9-5-2-6-10-13)16(18(21)22)12-7-3-1-4-8-12/h1-10,14,16-17H,11H2,(H,19,20)(H,21,22). The SMILES string of the molecule is O=C1CC(C(C(=O)O)c2ccccc2)C(c2ccccc2)N1. The second kappa shape index (κ2) is 6.02. The molecular weight excluding hydrogens is 278 g/mol. The smallest absolute Gasteiger partial charge is 0.311 e. The van der Waals surface area contributed by atoms with Crippen LogP contribution in [0, 0.1) is 5.92 Å². The van der Waals surface area contributed by atoms with Crippen LogP contribution >= 0.6 is 0 Å². The molecule has 0 spiro atoms. The van der Waals surface area contributed by atoms with Crippen LogP contribution in [0.2, 0.25) is 0 Å². The first-order chi connectivity index (χ1) is 10.7. The van der Waals surface area contributed by atoms with E-state index < -0.39 is 11.9 Å². The molecule has 4 heteroatoms. The Bertz CT molecular complexity index is 669. The summed E-state index contributed by atoms with van der Waals surface area (Å²) >= 11 is 0. The molecule has 2 aromatic carbocycles. The summed E-state index contributed by atoms with van der Waals surface area (Å²) in [5.41, 5.74) is 1.68. The van der Waals surface area contributed by atoms with E-state index in [1.54, 1.807) is 0 Å². The molecule has 0 aromatic heterocycles. The maximum atomic E-state index is 11.9. The van der Waals surface area contributed by atoms with Gasteiger partial charge in [0, 0.05) is 12.3 Å². The molecule has 112 valence electrons. The molecule has 0 bridgehead atoms. The van der Waals surface area contributed by atoms with Crippen molar-refractivity contribution in [1.82, 2.24) is 5.32 Å². The molecule has 1 aliphatic rings. The van der Waals surface area contributed by atoms with Crippen molar-refractivity contribution in [2.75, 3.05) is 0 Å². The van der Waals surface area contributed by atoms with E-state index in [-0.39, 0.29) is 24.3 Å². The minimum Gasteiger partial charge on any atom is -0.481 e. The Kier molecular flexibility index (Phi) is 3.92. The van der Waals surface area contributed by atoms with Crippen LogP contribution in [0.25, 0.3) is 0 Å². The summed E-state index contributed by atoms with van der Waals surface area (Å²) in [7, 11) is 0. The number of rotatable bonds is 4. The summed E-state index contributed by atoms with van der Waals surface area (Å²) in [5.74, 6) is -1.99. The highest BCUT2D eigenvalue weighted by atomic mass is 16.4. The molecule has 2 aromatic rings. The van der Waals surface area contributed by atoms with E-state index in [1.807, 2.05) is 60.7 Å². The van der Waals surface area contributed by atoms with Crippen LogP contribution in [0.5, 0.6) is 0 Å². The summed E-state index contributed by atoms with van der Waals surface area (Å²) < 4.78 is 0. The van der Waals surface area contributed by atoms with Gasteiger partial charge in [-0.2, -0.15) is 0 Å². The van der Waals surface area contributed by atoms with Gasteiger partial charge in [0.1, 0.15) is 0 Å². The number of aliphatic carboxylic acids is 1. The van der Waals surface area contributed by atoms with E-state index in [9.17, 15) is 14.7 Å². The van der Waals surface area contributed by atoms with Crippen molar-refractivity contribution in [3.8, 4) is 0 Å². The molecule has 0 aliphatic carbocycles. The van der Waals surface area contributed by atoms with Crippen LogP contribution in [0.3, 0.4) is 0 Å². The van der Waals surface area contributed by atoms with Gasteiger partial charge < -0.3 is 10.4 Å². The highest BCUT2D eigenvalue weighted by Gasteiger charge is 2.42. The molecule has 0 saturated carbocycles. The fourth-order valence-electron chi connectivity index (χ4n) is 3.21. The maximum Gasteiger partial charge on any atom is 0.311 e. The van der Waals surface area contributed by atoms with Crippen molar-refractivity contribution in [1.29, 1.82) is 0 Å². The highest BCUT2D eigenvalue weighted by Crippen LogP contribution is 2.40. The number of carbonyl (C=O) groups is 2. The van der Waals surface area contributed by atoms with E-state index >= 15 is 0 Å².